The minimum atomic E-state index is -4.32. The lowest BCUT2D eigenvalue weighted by atomic mass is 9.71. The van der Waals surface area contributed by atoms with E-state index in [4.69, 9.17) is 5.41 Å². The summed E-state index contributed by atoms with van der Waals surface area (Å²) >= 11 is 0. The fraction of sp³-hybridized carbons (Fsp3) is 0.963. The zero-order valence-electron chi connectivity index (χ0n) is 23.3. The average Bonchev–Trinajstić information content (AvgIpc) is 3.37. The summed E-state index contributed by atoms with van der Waals surface area (Å²) in [7, 11) is 3.62. The first-order chi connectivity index (χ1) is 18.0. The van der Waals surface area contributed by atoms with Gasteiger partial charge in [0.05, 0.1) is 18.4 Å². The maximum Gasteiger partial charge on any atom is 0.405 e. The smallest absolute Gasteiger partial charge is 0.338 e. The molecule has 38 heavy (non-hydrogen) atoms. The summed E-state index contributed by atoms with van der Waals surface area (Å²) in [5.74, 6) is 1.98. The summed E-state index contributed by atoms with van der Waals surface area (Å²) in [6, 6.07) is -1.45. The molecule has 0 spiro atoms. The lowest BCUT2D eigenvalue weighted by Crippen LogP contribution is -2.67. The second kappa shape index (κ2) is 11.0. The van der Waals surface area contributed by atoms with Gasteiger partial charge in [-0.1, -0.05) is 26.7 Å². The van der Waals surface area contributed by atoms with Crippen LogP contribution in [0.4, 0.5) is 17.6 Å². The molecule has 2 saturated carbocycles. The number of halogens is 4. The number of guanidine groups is 1. The number of hydrogen-bond donors (Lipinski definition) is 4. The predicted molar refractivity (Wildman–Crippen MR) is 140 cm³/mol. The van der Waals surface area contributed by atoms with Gasteiger partial charge in [-0.3, -0.25) is 26.3 Å². The van der Waals surface area contributed by atoms with Crippen LogP contribution in [0.3, 0.4) is 0 Å². The first-order valence-electron chi connectivity index (χ1n) is 14.7. The second-order valence-corrected chi connectivity index (χ2v) is 13.0. The SMILES string of the molecule is CC(C)C1CCCCC1C1NCC2C(N1)N(CC1CCC(C3NC(C(F)(F)F)CN3C)C(F)C1)C(=N)N2C. The average molecular weight is 546 g/mol. The van der Waals surface area contributed by atoms with E-state index in [-0.39, 0.29) is 30.8 Å². The van der Waals surface area contributed by atoms with E-state index in [1.165, 1.54) is 25.7 Å². The van der Waals surface area contributed by atoms with E-state index >= 15 is 4.39 Å². The van der Waals surface area contributed by atoms with Gasteiger partial charge in [0.1, 0.15) is 18.4 Å². The van der Waals surface area contributed by atoms with Crippen molar-refractivity contribution in [2.75, 3.05) is 33.7 Å². The maximum absolute atomic E-state index is 15.5. The molecule has 5 rings (SSSR count). The van der Waals surface area contributed by atoms with Crippen LogP contribution in [0, 0.1) is 35.0 Å². The van der Waals surface area contributed by atoms with Gasteiger partial charge >= 0.3 is 6.18 Å². The van der Waals surface area contributed by atoms with E-state index in [1.807, 2.05) is 11.9 Å². The lowest BCUT2D eigenvalue weighted by molar-refractivity contribution is -0.151. The molecule has 0 aromatic heterocycles. The van der Waals surface area contributed by atoms with Crippen molar-refractivity contribution in [1.82, 2.24) is 30.7 Å². The van der Waals surface area contributed by atoms with Crippen LogP contribution in [0.1, 0.15) is 58.8 Å². The molecule has 7 nitrogen and oxygen atoms in total. The number of nitrogens with one attached hydrogen (secondary N) is 4. The van der Waals surface area contributed by atoms with Crippen molar-refractivity contribution < 1.29 is 17.6 Å². The summed E-state index contributed by atoms with van der Waals surface area (Å²) in [4.78, 5) is 5.78. The van der Waals surface area contributed by atoms with Gasteiger partial charge in [0.2, 0.25) is 0 Å². The minimum absolute atomic E-state index is 0.0134. The van der Waals surface area contributed by atoms with Crippen molar-refractivity contribution in [1.29, 1.82) is 5.41 Å². The van der Waals surface area contributed by atoms with Gasteiger partial charge in [-0.15, -0.1) is 0 Å². The monoisotopic (exact) mass is 545 g/mol. The highest BCUT2D eigenvalue weighted by atomic mass is 19.4. The summed E-state index contributed by atoms with van der Waals surface area (Å²) in [5, 5.41) is 19.1. The molecular weight excluding hydrogens is 498 g/mol. The molecule has 218 valence electrons. The third-order valence-corrected chi connectivity index (χ3v) is 10.4. The summed E-state index contributed by atoms with van der Waals surface area (Å²) in [5.41, 5.74) is 0. The Labute approximate surface area is 224 Å². The van der Waals surface area contributed by atoms with Gasteiger partial charge in [-0.05, 0) is 62.8 Å². The number of hydrogen-bond acceptors (Lipinski definition) is 5. The van der Waals surface area contributed by atoms with Crippen LogP contribution in [0.2, 0.25) is 0 Å². The van der Waals surface area contributed by atoms with Crippen molar-refractivity contribution in [3.63, 3.8) is 0 Å². The molecule has 3 heterocycles. The van der Waals surface area contributed by atoms with Crippen LogP contribution >= 0.6 is 0 Å². The second-order valence-electron chi connectivity index (χ2n) is 13.0. The standard InChI is InChI=1S/C27H47F4N7/c1-15(2)17-7-5-6-8-18(17)23-33-12-21-25(35-23)38(26(32)37(21)4)13-16-9-10-19(20(28)11-16)24-34-22(14-36(24)3)27(29,30)31/h15-25,32-35H,5-14H2,1-4H3. The van der Waals surface area contributed by atoms with E-state index in [2.05, 4.69) is 34.7 Å². The van der Waals surface area contributed by atoms with E-state index in [0.717, 1.165) is 13.0 Å². The number of likely N-dealkylation sites (N-methyl/N-ethyl adjacent to an activating group) is 2. The van der Waals surface area contributed by atoms with Crippen LogP contribution in [-0.4, -0.2) is 97.3 Å². The molecule has 10 atom stereocenters. The van der Waals surface area contributed by atoms with Crippen LogP contribution in [-0.2, 0) is 0 Å². The molecule has 2 aliphatic carbocycles. The van der Waals surface area contributed by atoms with Crippen molar-refractivity contribution in [2.45, 2.75) is 102 Å². The Bertz CT molecular complexity index is 841. The highest BCUT2D eigenvalue weighted by Gasteiger charge is 2.51. The highest BCUT2D eigenvalue weighted by Crippen LogP contribution is 2.40. The van der Waals surface area contributed by atoms with Crippen LogP contribution in [0.15, 0.2) is 0 Å². The Kier molecular flexibility index (Phi) is 8.22. The Hall–Kier alpha value is -1.17. The van der Waals surface area contributed by atoms with Crippen LogP contribution in [0.5, 0.6) is 0 Å². The number of nitrogens with zero attached hydrogens (tertiary/aromatic N) is 3. The fourth-order valence-corrected chi connectivity index (χ4v) is 8.21. The Morgan fingerprint density at radius 2 is 1.74 bits per heavy atom. The summed E-state index contributed by atoms with van der Waals surface area (Å²) < 4.78 is 55.2. The molecule has 4 N–H and O–H groups in total. The molecule has 11 heteroatoms. The van der Waals surface area contributed by atoms with Crippen molar-refractivity contribution in [3.8, 4) is 0 Å². The minimum Gasteiger partial charge on any atom is -0.338 e. The van der Waals surface area contributed by atoms with Gasteiger partial charge in [0.15, 0.2) is 5.96 Å². The third kappa shape index (κ3) is 5.41. The van der Waals surface area contributed by atoms with Crippen molar-refractivity contribution in [3.05, 3.63) is 0 Å². The molecule has 5 aliphatic rings. The molecule has 0 aromatic carbocycles. The molecular formula is C27H47F4N7. The normalized spacial score (nSPS) is 43.2. The van der Waals surface area contributed by atoms with Gasteiger partial charge in [0.25, 0.3) is 0 Å². The van der Waals surface area contributed by atoms with Gasteiger partial charge in [-0.2, -0.15) is 13.2 Å². The molecule has 3 saturated heterocycles. The molecule has 0 bridgehead atoms. The quantitative estimate of drug-likeness (QED) is 0.397. The van der Waals surface area contributed by atoms with Crippen LogP contribution in [0.25, 0.3) is 0 Å². The number of rotatable bonds is 5. The molecule has 0 amide bonds. The Balaban J connectivity index is 1.21. The van der Waals surface area contributed by atoms with Gasteiger partial charge < -0.3 is 9.80 Å². The molecule has 3 aliphatic heterocycles. The van der Waals surface area contributed by atoms with Crippen LogP contribution < -0.4 is 16.0 Å². The molecule has 0 radical (unpaired) electrons. The zero-order chi connectivity index (χ0) is 27.4. The van der Waals surface area contributed by atoms with E-state index in [9.17, 15) is 13.2 Å². The van der Waals surface area contributed by atoms with E-state index < -0.39 is 30.5 Å². The van der Waals surface area contributed by atoms with Gasteiger partial charge in [0, 0.05) is 32.6 Å². The third-order valence-electron chi connectivity index (χ3n) is 10.4. The van der Waals surface area contributed by atoms with Gasteiger partial charge in [-0.25, -0.2) is 4.39 Å². The van der Waals surface area contributed by atoms with E-state index in [1.54, 1.807) is 11.9 Å². The van der Waals surface area contributed by atoms with Crippen molar-refractivity contribution >= 4 is 5.96 Å². The molecule has 5 fully saturated rings. The molecule has 10 unspecified atom stereocenters. The topological polar surface area (TPSA) is 69.7 Å². The fourth-order valence-electron chi connectivity index (χ4n) is 8.21. The largest absolute Gasteiger partial charge is 0.405 e. The van der Waals surface area contributed by atoms with Crippen molar-refractivity contribution in [2.24, 2.45) is 29.6 Å². The first-order valence-corrected chi connectivity index (χ1v) is 14.7. The lowest BCUT2D eigenvalue weighted by Gasteiger charge is -2.46. The number of alkyl halides is 4. The summed E-state index contributed by atoms with van der Waals surface area (Å²) in [6.45, 7) is 5.93. The maximum atomic E-state index is 15.5. The Morgan fingerprint density at radius 1 is 1.00 bits per heavy atom. The Morgan fingerprint density at radius 3 is 2.39 bits per heavy atom. The first kappa shape index (κ1) is 28.4. The highest BCUT2D eigenvalue weighted by molar-refractivity contribution is 5.80. The number of fused-ring (bicyclic) bond motifs is 1. The zero-order valence-corrected chi connectivity index (χ0v) is 23.3. The van der Waals surface area contributed by atoms with E-state index in [0.29, 0.717) is 43.1 Å². The molecule has 0 aromatic rings. The summed E-state index contributed by atoms with van der Waals surface area (Å²) in [6.07, 6.45) is 0.845. The predicted octanol–water partition coefficient (Wildman–Crippen LogP) is 3.39.